The van der Waals surface area contributed by atoms with Crippen LogP contribution in [0.15, 0.2) is 48.5 Å². The average Bonchev–Trinajstić information content (AvgIpc) is 2.97. The lowest BCUT2D eigenvalue weighted by atomic mass is 9.87. The molecular formula is C22H23N3O5. The number of carbonyl (C=O) groups excluding carboxylic acids is 4. The van der Waals surface area contributed by atoms with Crippen molar-refractivity contribution in [2.24, 2.45) is 0 Å². The molecule has 8 heteroatoms. The van der Waals surface area contributed by atoms with Crippen molar-refractivity contribution in [3.63, 3.8) is 0 Å². The Morgan fingerprint density at radius 3 is 2.30 bits per heavy atom. The number of nitrogens with zero attached hydrogens (tertiary/aromatic N) is 1. The molecule has 0 aromatic heterocycles. The van der Waals surface area contributed by atoms with Crippen LogP contribution in [0.25, 0.3) is 0 Å². The van der Waals surface area contributed by atoms with E-state index in [0.717, 1.165) is 11.1 Å². The van der Waals surface area contributed by atoms with E-state index in [1.165, 1.54) is 0 Å². The van der Waals surface area contributed by atoms with Crippen molar-refractivity contribution in [1.29, 1.82) is 0 Å². The van der Waals surface area contributed by atoms with Crippen molar-refractivity contribution in [1.82, 2.24) is 15.8 Å². The van der Waals surface area contributed by atoms with Crippen molar-refractivity contribution in [3.8, 4) is 0 Å². The maximum Gasteiger partial charge on any atom is 0.344 e. The normalized spacial score (nSPS) is 18.2. The number of ether oxygens (including phenoxy) is 1. The zero-order valence-electron chi connectivity index (χ0n) is 17.0. The van der Waals surface area contributed by atoms with Crippen LogP contribution in [0.4, 0.5) is 4.79 Å². The standard InChI is InChI=1S/C22H23N3O5/c1-4-22(17-8-6-5-7-9-17)20(28)25(21(29)23-22)24-18(26)13-30-19(27)16-11-14(2)10-15(3)12-16/h5-12H,4,13H2,1-3H3,(H,23,29)(H,24,26)/t22-/m0/s1. The van der Waals surface area contributed by atoms with E-state index in [1.807, 2.05) is 19.9 Å². The highest BCUT2D eigenvalue weighted by molar-refractivity contribution is 6.08. The minimum Gasteiger partial charge on any atom is -0.452 e. The Labute approximate surface area is 174 Å². The Hall–Kier alpha value is -3.68. The number of hydrogen-bond donors (Lipinski definition) is 2. The third-order valence-electron chi connectivity index (χ3n) is 4.92. The monoisotopic (exact) mass is 409 g/mol. The van der Waals surface area contributed by atoms with Crippen molar-refractivity contribution >= 4 is 23.8 Å². The molecule has 0 bridgehead atoms. The summed E-state index contributed by atoms with van der Waals surface area (Å²) in [6.07, 6.45) is 0.301. The Morgan fingerprint density at radius 1 is 1.07 bits per heavy atom. The summed E-state index contributed by atoms with van der Waals surface area (Å²) in [6, 6.07) is 13.3. The summed E-state index contributed by atoms with van der Waals surface area (Å²) in [4.78, 5) is 49.8. The summed E-state index contributed by atoms with van der Waals surface area (Å²) in [5.41, 5.74) is 3.68. The van der Waals surface area contributed by atoms with Gasteiger partial charge in [-0.2, -0.15) is 5.01 Å². The number of imide groups is 1. The number of esters is 1. The van der Waals surface area contributed by atoms with E-state index in [9.17, 15) is 19.2 Å². The summed E-state index contributed by atoms with van der Waals surface area (Å²) < 4.78 is 5.02. The van der Waals surface area contributed by atoms with Gasteiger partial charge in [0.25, 0.3) is 11.8 Å². The Kier molecular flexibility index (Phi) is 5.86. The van der Waals surface area contributed by atoms with E-state index in [-0.39, 0.29) is 0 Å². The molecule has 8 nitrogen and oxygen atoms in total. The van der Waals surface area contributed by atoms with Gasteiger partial charge in [0.15, 0.2) is 6.61 Å². The molecule has 30 heavy (non-hydrogen) atoms. The zero-order chi connectivity index (χ0) is 21.9. The molecule has 2 N–H and O–H groups in total. The van der Waals surface area contributed by atoms with Gasteiger partial charge >= 0.3 is 12.0 Å². The predicted octanol–water partition coefficient (Wildman–Crippen LogP) is 2.35. The van der Waals surface area contributed by atoms with Gasteiger partial charge in [-0.15, -0.1) is 0 Å². The molecule has 0 aliphatic carbocycles. The van der Waals surface area contributed by atoms with Crippen LogP contribution in [0.1, 0.15) is 40.4 Å². The van der Waals surface area contributed by atoms with Gasteiger partial charge in [0.2, 0.25) is 0 Å². The van der Waals surface area contributed by atoms with Crippen molar-refractivity contribution in [3.05, 3.63) is 70.8 Å². The summed E-state index contributed by atoms with van der Waals surface area (Å²) in [5, 5.41) is 3.29. The number of carbonyl (C=O) groups is 4. The highest BCUT2D eigenvalue weighted by Crippen LogP contribution is 2.31. The fourth-order valence-corrected chi connectivity index (χ4v) is 3.50. The third kappa shape index (κ3) is 4.03. The largest absolute Gasteiger partial charge is 0.452 e. The first-order valence-electron chi connectivity index (χ1n) is 9.54. The lowest BCUT2D eigenvalue weighted by molar-refractivity contribution is -0.140. The van der Waals surface area contributed by atoms with Crippen LogP contribution in [0.5, 0.6) is 0 Å². The van der Waals surface area contributed by atoms with Gasteiger partial charge in [-0.25, -0.2) is 9.59 Å². The predicted molar refractivity (Wildman–Crippen MR) is 108 cm³/mol. The van der Waals surface area contributed by atoms with E-state index < -0.39 is 36.0 Å². The summed E-state index contributed by atoms with van der Waals surface area (Å²) in [5.74, 6) is -2.06. The van der Waals surface area contributed by atoms with Gasteiger partial charge in [-0.1, -0.05) is 54.4 Å². The molecule has 2 aromatic rings. The quantitative estimate of drug-likeness (QED) is 0.563. The summed E-state index contributed by atoms with van der Waals surface area (Å²) >= 11 is 0. The Balaban J connectivity index is 1.66. The number of amides is 4. The van der Waals surface area contributed by atoms with Crippen LogP contribution in [0, 0.1) is 13.8 Å². The van der Waals surface area contributed by atoms with Gasteiger partial charge in [0.05, 0.1) is 5.56 Å². The molecule has 1 aliphatic heterocycles. The minimum absolute atomic E-state index is 0.301. The minimum atomic E-state index is -1.26. The number of nitrogens with one attached hydrogen (secondary N) is 2. The summed E-state index contributed by atoms with van der Waals surface area (Å²) in [7, 11) is 0. The second kappa shape index (κ2) is 8.36. The van der Waals surface area contributed by atoms with Gasteiger partial charge in [-0.05, 0) is 38.0 Å². The van der Waals surface area contributed by atoms with Gasteiger partial charge in [0, 0.05) is 0 Å². The third-order valence-corrected chi connectivity index (χ3v) is 4.92. The van der Waals surface area contributed by atoms with Gasteiger partial charge < -0.3 is 10.1 Å². The molecule has 0 spiro atoms. The molecule has 0 radical (unpaired) electrons. The van der Waals surface area contributed by atoms with E-state index in [0.29, 0.717) is 22.6 Å². The molecule has 156 valence electrons. The molecule has 0 saturated carbocycles. The van der Waals surface area contributed by atoms with Crippen LogP contribution in [-0.2, 0) is 19.9 Å². The van der Waals surface area contributed by atoms with Crippen molar-refractivity contribution < 1.29 is 23.9 Å². The number of aryl methyl sites for hydroxylation is 2. The maximum atomic E-state index is 13.0. The smallest absolute Gasteiger partial charge is 0.344 e. The van der Waals surface area contributed by atoms with E-state index in [2.05, 4.69) is 10.7 Å². The second-order valence-electron chi connectivity index (χ2n) is 7.18. The highest BCUT2D eigenvalue weighted by atomic mass is 16.5. The number of rotatable bonds is 6. The van der Waals surface area contributed by atoms with Crippen LogP contribution < -0.4 is 10.7 Å². The molecular weight excluding hydrogens is 386 g/mol. The first kappa shape index (κ1) is 21.0. The first-order valence-corrected chi connectivity index (χ1v) is 9.54. The second-order valence-corrected chi connectivity index (χ2v) is 7.18. The molecule has 1 saturated heterocycles. The molecule has 3 rings (SSSR count). The van der Waals surface area contributed by atoms with E-state index in [1.54, 1.807) is 49.4 Å². The number of benzene rings is 2. The first-order chi connectivity index (χ1) is 14.3. The molecule has 0 unspecified atom stereocenters. The number of hydrazine groups is 1. The molecule has 4 amide bonds. The zero-order valence-corrected chi connectivity index (χ0v) is 17.0. The van der Waals surface area contributed by atoms with Crippen LogP contribution in [0.3, 0.4) is 0 Å². The van der Waals surface area contributed by atoms with Crippen molar-refractivity contribution in [2.75, 3.05) is 6.61 Å². The fraction of sp³-hybridized carbons (Fsp3) is 0.273. The lowest BCUT2D eigenvalue weighted by Crippen LogP contribution is -2.49. The summed E-state index contributed by atoms with van der Waals surface area (Å²) in [6.45, 7) is 4.83. The molecule has 1 fully saturated rings. The van der Waals surface area contributed by atoms with Crippen LogP contribution in [-0.4, -0.2) is 35.4 Å². The highest BCUT2D eigenvalue weighted by Gasteiger charge is 2.52. The number of hydrogen-bond acceptors (Lipinski definition) is 5. The fourth-order valence-electron chi connectivity index (χ4n) is 3.50. The van der Waals surface area contributed by atoms with E-state index in [4.69, 9.17) is 4.74 Å². The Bertz CT molecular complexity index is 985. The van der Waals surface area contributed by atoms with Crippen LogP contribution >= 0.6 is 0 Å². The van der Waals surface area contributed by atoms with Gasteiger partial charge in [-0.3, -0.25) is 15.0 Å². The molecule has 1 heterocycles. The van der Waals surface area contributed by atoms with Crippen LogP contribution in [0.2, 0.25) is 0 Å². The topological polar surface area (TPSA) is 105 Å². The Morgan fingerprint density at radius 2 is 1.70 bits per heavy atom. The average molecular weight is 409 g/mol. The van der Waals surface area contributed by atoms with E-state index >= 15 is 0 Å². The number of urea groups is 1. The molecule has 2 aromatic carbocycles. The maximum absolute atomic E-state index is 13.0. The molecule has 1 atom stereocenters. The molecule has 1 aliphatic rings. The van der Waals surface area contributed by atoms with Gasteiger partial charge in [0.1, 0.15) is 5.54 Å². The van der Waals surface area contributed by atoms with Crippen molar-refractivity contribution in [2.45, 2.75) is 32.7 Å². The lowest BCUT2D eigenvalue weighted by Gasteiger charge is -2.25. The SMILES string of the molecule is CC[C@@]1(c2ccccc2)NC(=O)N(NC(=O)COC(=O)c2cc(C)cc(C)c2)C1=O.